The van der Waals surface area contributed by atoms with Crippen LogP contribution in [0.15, 0.2) is 46.1 Å². The zero-order valence-electron chi connectivity index (χ0n) is 9.50. The first-order chi connectivity index (χ1) is 8.66. The van der Waals surface area contributed by atoms with Crippen molar-refractivity contribution < 1.29 is 9.84 Å². The van der Waals surface area contributed by atoms with Crippen molar-refractivity contribution in [1.82, 2.24) is 9.55 Å². The maximum atomic E-state index is 11.4. The van der Waals surface area contributed by atoms with Crippen molar-refractivity contribution in [2.45, 2.75) is 13.3 Å². The summed E-state index contributed by atoms with van der Waals surface area (Å²) in [4.78, 5) is 24.3. The van der Waals surface area contributed by atoms with E-state index < -0.39 is 17.0 Å². The number of ether oxygens (including phenoxy) is 1. The summed E-state index contributed by atoms with van der Waals surface area (Å²) in [5.74, 6) is -0.516. The lowest BCUT2D eigenvalue weighted by Crippen LogP contribution is -2.29. The summed E-state index contributed by atoms with van der Waals surface area (Å²) in [6, 6.07) is 9.46. The van der Waals surface area contributed by atoms with Crippen LogP contribution in [0, 0.1) is 0 Å². The molecule has 0 aliphatic heterocycles. The molecule has 6 nitrogen and oxygen atoms in total. The summed E-state index contributed by atoms with van der Waals surface area (Å²) in [6.07, 6.45) is 1.05. The van der Waals surface area contributed by atoms with E-state index in [4.69, 9.17) is 4.74 Å². The Labute approximate surface area is 102 Å². The number of hydrogen-bond acceptors (Lipinski definition) is 4. The highest BCUT2D eigenvalue weighted by Crippen LogP contribution is 2.01. The molecule has 2 aromatic rings. The molecular weight excluding hydrogens is 236 g/mol. The van der Waals surface area contributed by atoms with Crippen molar-refractivity contribution in [1.29, 1.82) is 0 Å². The molecule has 18 heavy (non-hydrogen) atoms. The van der Waals surface area contributed by atoms with Crippen molar-refractivity contribution in [3.05, 3.63) is 62.9 Å². The molecule has 6 heteroatoms. The van der Waals surface area contributed by atoms with E-state index in [9.17, 15) is 14.7 Å². The van der Waals surface area contributed by atoms with Crippen LogP contribution in [0.3, 0.4) is 0 Å². The second-order valence-corrected chi connectivity index (χ2v) is 3.71. The first kappa shape index (κ1) is 12.1. The molecule has 0 aliphatic carbocycles. The van der Waals surface area contributed by atoms with E-state index in [-0.39, 0.29) is 6.73 Å². The van der Waals surface area contributed by atoms with Gasteiger partial charge in [0, 0.05) is 0 Å². The molecule has 0 radical (unpaired) electrons. The van der Waals surface area contributed by atoms with E-state index >= 15 is 0 Å². The number of aromatic amines is 1. The van der Waals surface area contributed by atoms with Crippen molar-refractivity contribution in [2.24, 2.45) is 0 Å². The van der Waals surface area contributed by atoms with Crippen LogP contribution in [0.2, 0.25) is 0 Å². The molecule has 2 N–H and O–H groups in total. The Morgan fingerprint density at radius 2 is 1.94 bits per heavy atom. The third kappa shape index (κ3) is 2.86. The van der Waals surface area contributed by atoms with Crippen LogP contribution in [0.1, 0.15) is 5.56 Å². The fraction of sp³-hybridized carbons (Fsp3) is 0.167. The third-order valence-corrected chi connectivity index (χ3v) is 2.33. The molecule has 0 saturated heterocycles. The van der Waals surface area contributed by atoms with E-state index in [1.54, 1.807) is 0 Å². The minimum Gasteiger partial charge on any atom is -0.502 e. The van der Waals surface area contributed by atoms with Gasteiger partial charge in [-0.05, 0) is 5.56 Å². The minimum atomic E-state index is -0.806. The Morgan fingerprint density at radius 3 is 2.67 bits per heavy atom. The van der Waals surface area contributed by atoms with Gasteiger partial charge in [0.05, 0.1) is 12.8 Å². The number of rotatable bonds is 4. The van der Waals surface area contributed by atoms with Gasteiger partial charge in [-0.1, -0.05) is 30.3 Å². The van der Waals surface area contributed by atoms with Crippen LogP contribution in [0.5, 0.6) is 5.75 Å². The van der Waals surface area contributed by atoms with Crippen LogP contribution in [-0.4, -0.2) is 14.7 Å². The molecule has 0 atom stereocenters. The average molecular weight is 248 g/mol. The smallest absolute Gasteiger partial charge is 0.330 e. The molecule has 0 spiro atoms. The summed E-state index contributed by atoms with van der Waals surface area (Å²) < 4.78 is 6.39. The highest BCUT2D eigenvalue weighted by Gasteiger charge is 2.02. The predicted molar refractivity (Wildman–Crippen MR) is 64.2 cm³/mol. The second kappa shape index (κ2) is 5.33. The van der Waals surface area contributed by atoms with E-state index in [1.807, 2.05) is 35.3 Å². The molecule has 94 valence electrons. The highest BCUT2D eigenvalue weighted by molar-refractivity contribution is 5.13. The maximum absolute atomic E-state index is 11.4. The molecule has 0 saturated carbocycles. The van der Waals surface area contributed by atoms with Gasteiger partial charge in [0.25, 0.3) is 5.56 Å². The standard InChI is InChI=1S/C12H12N2O4/c15-10-6-14(12(17)13-11(10)16)8-18-7-9-4-2-1-3-5-9/h1-6,15H,7-8H2,(H,13,16,17). The van der Waals surface area contributed by atoms with Crippen LogP contribution in [0.4, 0.5) is 0 Å². The van der Waals surface area contributed by atoms with Crippen LogP contribution < -0.4 is 11.2 Å². The molecule has 0 bridgehead atoms. The quantitative estimate of drug-likeness (QED) is 0.821. The van der Waals surface area contributed by atoms with Gasteiger partial charge in [0.2, 0.25) is 0 Å². The van der Waals surface area contributed by atoms with Gasteiger partial charge in [0.1, 0.15) is 6.73 Å². The van der Waals surface area contributed by atoms with Crippen molar-refractivity contribution in [3.63, 3.8) is 0 Å². The van der Waals surface area contributed by atoms with Gasteiger partial charge >= 0.3 is 5.69 Å². The maximum Gasteiger partial charge on any atom is 0.330 e. The average Bonchev–Trinajstić information content (AvgIpc) is 2.37. The van der Waals surface area contributed by atoms with Gasteiger partial charge in [0.15, 0.2) is 5.75 Å². The summed E-state index contributed by atoms with van der Waals surface area (Å²) in [5, 5.41) is 9.18. The Kier molecular flexibility index (Phi) is 3.59. The van der Waals surface area contributed by atoms with Gasteiger partial charge < -0.3 is 9.84 Å². The van der Waals surface area contributed by atoms with Crippen molar-refractivity contribution in [3.8, 4) is 5.75 Å². The molecule has 0 amide bonds. The van der Waals surface area contributed by atoms with Gasteiger partial charge in [-0.2, -0.15) is 0 Å². The number of H-pyrrole nitrogens is 1. The Morgan fingerprint density at radius 1 is 1.22 bits per heavy atom. The number of benzene rings is 1. The third-order valence-electron chi connectivity index (χ3n) is 2.33. The summed E-state index contributed by atoms with van der Waals surface area (Å²) >= 11 is 0. The zero-order chi connectivity index (χ0) is 13.0. The number of aromatic hydroxyl groups is 1. The van der Waals surface area contributed by atoms with E-state index in [1.165, 1.54) is 0 Å². The molecule has 0 unspecified atom stereocenters. The first-order valence-electron chi connectivity index (χ1n) is 5.31. The SMILES string of the molecule is O=c1[nH]c(=O)n(COCc2ccccc2)cc1O. The summed E-state index contributed by atoms with van der Waals surface area (Å²) in [7, 11) is 0. The Bertz CT molecular complexity index is 631. The van der Waals surface area contributed by atoms with E-state index in [0.29, 0.717) is 6.61 Å². The predicted octanol–water partition coefficient (Wildman–Crippen LogP) is 0.416. The van der Waals surface area contributed by atoms with Crippen LogP contribution >= 0.6 is 0 Å². The molecule has 0 aliphatic rings. The van der Waals surface area contributed by atoms with E-state index in [0.717, 1.165) is 16.3 Å². The Hall–Kier alpha value is -2.34. The molecule has 1 aromatic heterocycles. The van der Waals surface area contributed by atoms with Gasteiger partial charge in [-0.15, -0.1) is 0 Å². The number of nitrogens with zero attached hydrogens (tertiary/aromatic N) is 1. The summed E-state index contributed by atoms with van der Waals surface area (Å²) in [6.45, 7) is 0.297. The van der Waals surface area contributed by atoms with Gasteiger partial charge in [-0.3, -0.25) is 14.3 Å². The van der Waals surface area contributed by atoms with Crippen LogP contribution in [0.25, 0.3) is 0 Å². The number of hydrogen-bond donors (Lipinski definition) is 2. The molecule has 2 rings (SSSR count). The minimum absolute atomic E-state index is 0.0436. The zero-order valence-corrected chi connectivity index (χ0v) is 9.50. The molecule has 1 aromatic carbocycles. The van der Waals surface area contributed by atoms with Gasteiger partial charge in [-0.25, -0.2) is 4.79 Å². The molecule has 0 fully saturated rings. The fourth-order valence-electron chi connectivity index (χ4n) is 1.43. The second-order valence-electron chi connectivity index (χ2n) is 3.71. The fourth-order valence-corrected chi connectivity index (χ4v) is 1.43. The molecule has 1 heterocycles. The number of nitrogens with one attached hydrogen (secondary N) is 1. The molecular formula is C12H12N2O4. The van der Waals surface area contributed by atoms with Crippen LogP contribution in [-0.2, 0) is 18.1 Å². The largest absolute Gasteiger partial charge is 0.502 e. The monoisotopic (exact) mass is 248 g/mol. The van der Waals surface area contributed by atoms with Crippen molar-refractivity contribution >= 4 is 0 Å². The topological polar surface area (TPSA) is 84.3 Å². The highest BCUT2D eigenvalue weighted by atomic mass is 16.5. The lowest BCUT2D eigenvalue weighted by Gasteiger charge is -2.06. The normalized spacial score (nSPS) is 10.4. The lowest BCUT2D eigenvalue weighted by atomic mass is 10.2. The van der Waals surface area contributed by atoms with Crippen molar-refractivity contribution in [2.75, 3.05) is 0 Å². The lowest BCUT2D eigenvalue weighted by molar-refractivity contribution is 0.0603. The summed E-state index contributed by atoms with van der Waals surface area (Å²) in [5.41, 5.74) is -0.454. The Balaban J connectivity index is 2.01. The van der Waals surface area contributed by atoms with E-state index in [2.05, 4.69) is 0 Å². The first-order valence-corrected chi connectivity index (χ1v) is 5.31. The number of aromatic nitrogens is 2.